The van der Waals surface area contributed by atoms with Crippen LogP contribution in [0, 0.1) is 10.8 Å². The molecule has 0 aliphatic rings. The van der Waals surface area contributed by atoms with Gasteiger partial charge in [-0.15, -0.1) is 0 Å². The Morgan fingerprint density at radius 1 is 0.816 bits per heavy atom. The molecular weight excluding hydrogens is 656 g/mol. The number of benzene rings is 2. The summed E-state index contributed by atoms with van der Waals surface area (Å²) in [7, 11) is 4.52. The Hall–Kier alpha value is -4.24. The van der Waals surface area contributed by atoms with Crippen molar-refractivity contribution in [1.82, 2.24) is 0 Å². The molecule has 2 rings (SSSR count). The first kappa shape index (κ1) is 40.9. The number of carbonyl (C=O) groups is 4. The Balaban J connectivity index is 1.91. The third-order valence-corrected chi connectivity index (χ3v) is 10.8. The molecule has 49 heavy (non-hydrogen) atoms. The summed E-state index contributed by atoms with van der Waals surface area (Å²) >= 11 is 0. The van der Waals surface area contributed by atoms with E-state index < -0.39 is 43.5 Å². The molecule has 0 aromatic heterocycles. The van der Waals surface area contributed by atoms with E-state index in [1.54, 1.807) is 57.2 Å². The van der Waals surface area contributed by atoms with Gasteiger partial charge in [-0.3, -0.25) is 9.59 Å². The second kappa shape index (κ2) is 19.1. The van der Waals surface area contributed by atoms with Crippen LogP contribution in [-0.4, -0.2) is 81.6 Å². The lowest BCUT2D eigenvalue weighted by atomic mass is 9.72. The Labute approximate surface area is 289 Å². The standard InChI is InChI=1S/C35H48O13Si/c1-10-35(4,23-34(2,3)32(38)45-20-11-21-49(42-7,43-8)44-9)33(39)47-24-46-27-16-14-26(15-17-27)31(37)48-28-18-12-25(22-29(28)40-5)13-19-30(36)41-6/h12-19,22H,10-11,20-21,23-24H2,1-9H3/b19-13+. The maximum absolute atomic E-state index is 13.1. The monoisotopic (exact) mass is 704 g/mol. The number of carbonyl (C=O) groups excluding carboxylic acids is 4. The summed E-state index contributed by atoms with van der Waals surface area (Å²) in [5, 5.41) is 0. The van der Waals surface area contributed by atoms with Crippen LogP contribution in [0.4, 0.5) is 0 Å². The van der Waals surface area contributed by atoms with Gasteiger partial charge in [-0.1, -0.05) is 13.0 Å². The quantitative estimate of drug-likeness (QED) is 0.0319. The van der Waals surface area contributed by atoms with E-state index in [2.05, 4.69) is 4.74 Å². The molecule has 2 aromatic carbocycles. The molecule has 0 spiro atoms. The lowest BCUT2D eigenvalue weighted by Gasteiger charge is -2.33. The van der Waals surface area contributed by atoms with Crippen LogP contribution >= 0.6 is 0 Å². The average Bonchev–Trinajstić information content (AvgIpc) is 3.11. The van der Waals surface area contributed by atoms with Gasteiger partial charge in [0.1, 0.15) is 5.75 Å². The summed E-state index contributed by atoms with van der Waals surface area (Å²) in [4.78, 5) is 50.2. The SMILES string of the molecule is CCC(C)(CC(C)(C)C(=O)OCCC[Si](OC)(OC)OC)C(=O)OCOc1ccc(C(=O)Oc2ccc(/C=C/C(=O)OC)cc2OC)cc1. The molecule has 2 aromatic rings. The van der Waals surface area contributed by atoms with E-state index in [1.165, 1.54) is 53.8 Å². The fourth-order valence-electron chi connectivity index (χ4n) is 4.87. The van der Waals surface area contributed by atoms with E-state index >= 15 is 0 Å². The average molecular weight is 705 g/mol. The Morgan fingerprint density at radius 2 is 1.47 bits per heavy atom. The van der Waals surface area contributed by atoms with E-state index in [1.807, 2.05) is 6.92 Å². The van der Waals surface area contributed by atoms with Crippen molar-refractivity contribution in [2.24, 2.45) is 10.8 Å². The molecule has 0 aliphatic heterocycles. The van der Waals surface area contributed by atoms with Crippen LogP contribution in [-0.2, 0) is 41.9 Å². The Bertz CT molecular complexity index is 1430. The molecule has 14 heteroatoms. The highest BCUT2D eigenvalue weighted by atomic mass is 28.4. The van der Waals surface area contributed by atoms with Crippen LogP contribution in [0.3, 0.4) is 0 Å². The zero-order valence-corrected chi connectivity index (χ0v) is 30.7. The van der Waals surface area contributed by atoms with Gasteiger partial charge in [-0.25, -0.2) is 9.59 Å². The van der Waals surface area contributed by atoms with Crippen LogP contribution in [0.25, 0.3) is 6.08 Å². The van der Waals surface area contributed by atoms with Crippen molar-refractivity contribution in [3.8, 4) is 17.2 Å². The lowest BCUT2D eigenvalue weighted by molar-refractivity contribution is -0.167. The number of ether oxygens (including phenoxy) is 6. The number of methoxy groups -OCH3 is 2. The number of rotatable bonds is 20. The van der Waals surface area contributed by atoms with Gasteiger partial charge in [0, 0.05) is 33.4 Å². The summed E-state index contributed by atoms with van der Waals surface area (Å²) in [6, 6.07) is 11.4. The van der Waals surface area contributed by atoms with Gasteiger partial charge in [0.25, 0.3) is 0 Å². The topological polar surface area (TPSA) is 151 Å². The maximum Gasteiger partial charge on any atom is 0.500 e. The predicted molar refractivity (Wildman–Crippen MR) is 181 cm³/mol. The molecule has 0 heterocycles. The summed E-state index contributed by atoms with van der Waals surface area (Å²) in [5.74, 6) is -1.26. The first-order chi connectivity index (χ1) is 23.2. The molecule has 1 atom stereocenters. The van der Waals surface area contributed by atoms with Crippen molar-refractivity contribution in [1.29, 1.82) is 0 Å². The van der Waals surface area contributed by atoms with E-state index in [4.69, 9.17) is 37.0 Å². The minimum absolute atomic E-state index is 0.156. The van der Waals surface area contributed by atoms with Crippen LogP contribution in [0.5, 0.6) is 17.2 Å². The van der Waals surface area contributed by atoms with Gasteiger partial charge in [-0.2, -0.15) is 0 Å². The highest BCUT2D eigenvalue weighted by molar-refractivity contribution is 6.60. The Kier molecular flexibility index (Phi) is 15.9. The minimum Gasteiger partial charge on any atom is -0.493 e. The molecular formula is C35H48O13Si. The second-order valence-corrected chi connectivity index (χ2v) is 15.0. The molecule has 0 radical (unpaired) electrons. The summed E-state index contributed by atoms with van der Waals surface area (Å²) < 4.78 is 48.2. The molecule has 270 valence electrons. The van der Waals surface area contributed by atoms with Crippen LogP contribution in [0.15, 0.2) is 48.5 Å². The Morgan fingerprint density at radius 3 is 2.04 bits per heavy atom. The summed E-state index contributed by atoms with van der Waals surface area (Å²) in [5.41, 5.74) is -1.07. The molecule has 13 nitrogen and oxygen atoms in total. The van der Waals surface area contributed by atoms with Crippen LogP contribution in [0.1, 0.15) is 62.9 Å². The van der Waals surface area contributed by atoms with E-state index in [0.717, 1.165) is 0 Å². The zero-order chi connectivity index (χ0) is 36.7. The number of esters is 4. The smallest absolute Gasteiger partial charge is 0.493 e. The molecule has 0 fully saturated rings. The fraction of sp³-hybridized carbons (Fsp3) is 0.486. The third-order valence-electron chi connectivity index (χ3n) is 7.96. The van der Waals surface area contributed by atoms with E-state index in [0.29, 0.717) is 35.9 Å². The van der Waals surface area contributed by atoms with Crippen molar-refractivity contribution >= 4 is 38.8 Å². The highest BCUT2D eigenvalue weighted by Gasteiger charge is 2.43. The van der Waals surface area contributed by atoms with Crippen molar-refractivity contribution in [2.75, 3.05) is 48.9 Å². The first-order valence-corrected chi connectivity index (χ1v) is 17.5. The predicted octanol–water partition coefficient (Wildman–Crippen LogP) is 5.62. The molecule has 0 saturated heterocycles. The van der Waals surface area contributed by atoms with Gasteiger partial charge in [0.15, 0.2) is 11.5 Å². The highest BCUT2D eigenvalue weighted by Crippen LogP contribution is 2.38. The van der Waals surface area contributed by atoms with Crippen molar-refractivity contribution in [3.63, 3.8) is 0 Å². The maximum atomic E-state index is 13.1. The molecule has 0 amide bonds. The van der Waals surface area contributed by atoms with Crippen LogP contribution < -0.4 is 14.2 Å². The summed E-state index contributed by atoms with van der Waals surface area (Å²) in [6.07, 6.45) is 3.91. The van der Waals surface area contributed by atoms with Gasteiger partial charge in [0.05, 0.1) is 37.2 Å². The molecule has 0 bridgehead atoms. The van der Waals surface area contributed by atoms with Crippen molar-refractivity contribution < 1.29 is 60.9 Å². The molecule has 0 N–H and O–H groups in total. The van der Waals surface area contributed by atoms with E-state index in [-0.39, 0.29) is 31.1 Å². The van der Waals surface area contributed by atoms with Gasteiger partial charge in [0.2, 0.25) is 6.79 Å². The van der Waals surface area contributed by atoms with Crippen molar-refractivity contribution in [2.45, 2.75) is 53.0 Å². The first-order valence-electron chi connectivity index (χ1n) is 15.6. The molecule has 0 saturated carbocycles. The summed E-state index contributed by atoms with van der Waals surface area (Å²) in [6.45, 7) is 6.83. The third kappa shape index (κ3) is 12.0. The van der Waals surface area contributed by atoms with Crippen LogP contribution in [0.2, 0.25) is 6.04 Å². The van der Waals surface area contributed by atoms with Gasteiger partial charge in [-0.05, 0) is 88.1 Å². The largest absolute Gasteiger partial charge is 0.500 e. The van der Waals surface area contributed by atoms with Gasteiger partial charge >= 0.3 is 32.7 Å². The molecule has 0 aliphatic carbocycles. The zero-order valence-electron chi connectivity index (χ0n) is 29.7. The number of hydrogen-bond acceptors (Lipinski definition) is 13. The number of hydrogen-bond donors (Lipinski definition) is 0. The second-order valence-electron chi connectivity index (χ2n) is 11.9. The fourth-order valence-corrected chi connectivity index (χ4v) is 6.56. The van der Waals surface area contributed by atoms with Gasteiger partial charge < -0.3 is 41.7 Å². The normalized spacial score (nSPS) is 12.9. The lowest BCUT2D eigenvalue weighted by Crippen LogP contribution is -2.43. The molecule has 1 unspecified atom stereocenters. The van der Waals surface area contributed by atoms with E-state index in [9.17, 15) is 19.2 Å². The minimum atomic E-state index is -2.77. The van der Waals surface area contributed by atoms with Crippen molar-refractivity contribution in [3.05, 3.63) is 59.7 Å².